The van der Waals surface area contributed by atoms with E-state index in [-0.39, 0.29) is 5.75 Å². The van der Waals surface area contributed by atoms with Gasteiger partial charge in [-0.05, 0) is 86.8 Å². The molecule has 4 heteroatoms. The van der Waals surface area contributed by atoms with Gasteiger partial charge in [-0.3, -0.25) is 0 Å². The van der Waals surface area contributed by atoms with Crippen molar-refractivity contribution in [1.29, 1.82) is 0 Å². The molecule has 256 valence electrons. The second-order valence-electron chi connectivity index (χ2n) is 10.6. The lowest BCUT2D eigenvalue weighted by Crippen LogP contribution is -2.01. The van der Waals surface area contributed by atoms with Gasteiger partial charge >= 0.3 is 0 Å². The van der Waals surface area contributed by atoms with Gasteiger partial charge in [0.05, 0.1) is 6.61 Å². The predicted molar refractivity (Wildman–Crippen MR) is 194 cm³/mol. The Hall–Kier alpha value is -2.72. The molecule has 0 bridgehead atoms. The minimum atomic E-state index is -0.927. The zero-order valence-electron chi connectivity index (χ0n) is 30.3. The van der Waals surface area contributed by atoms with Crippen LogP contribution in [0.5, 0.6) is 5.75 Å². The molecule has 0 spiro atoms. The van der Waals surface area contributed by atoms with Gasteiger partial charge in [-0.2, -0.15) is 4.39 Å². The molecule has 3 aromatic carbocycles. The van der Waals surface area contributed by atoms with Crippen molar-refractivity contribution in [1.82, 2.24) is 0 Å². The normalized spacial score (nSPS) is 9.67. The van der Waals surface area contributed by atoms with Gasteiger partial charge in [-0.15, -0.1) is 0 Å². The zero-order chi connectivity index (χ0) is 34.1. The molecule has 0 N–H and O–H groups in total. The van der Waals surface area contributed by atoms with Gasteiger partial charge in [0, 0.05) is 13.7 Å². The summed E-state index contributed by atoms with van der Waals surface area (Å²) in [5, 5.41) is 0. The molecular formula is C41H66F2O2. The van der Waals surface area contributed by atoms with Crippen molar-refractivity contribution in [2.45, 2.75) is 132 Å². The van der Waals surface area contributed by atoms with Gasteiger partial charge in [-0.1, -0.05) is 135 Å². The number of hydrogen-bond donors (Lipinski definition) is 0. The van der Waals surface area contributed by atoms with E-state index < -0.39 is 11.6 Å². The second-order valence-corrected chi connectivity index (χ2v) is 10.6. The molecule has 0 amide bonds. The van der Waals surface area contributed by atoms with Crippen LogP contribution in [-0.4, -0.2) is 20.3 Å². The van der Waals surface area contributed by atoms with E-state index in [1.165, 1.54) is 98.6 Å². The summed E-state index contributed by atoms with van der Waals surface area (Å²) >= 11 is 0. The Bertz CT molecular complexity index is 998. The molecule has 0 radical (unpaired) electrons. The number of halogens is 2. The molecule has 0 aliphatic rings. The largest absolute Gasteiger partial charge is 0.490 e. The molecule has 2 nitrogen and oxygen atoms in total. The summed E-state index contributed by atoms with van der Waals surface area (Å²) in [6.45, 7) is 17.9. The zero-order valence-corrected chi connectivity index (χ0v) is 30.3. The highest BCUT2D eigenvalue weighted by Crippen LogP contribution is 2.19. The van der Waals surface area contributed by atoms with E-state index in [9.17, 15) is 8.78 Å². The third kappa shape index (κ3) is 23.3. The fourth-order valence-corrected chi connectivity index (χ4v) is 4.39. The number of benzene rings is 3. The fraction of sp³-hybridized carbons (Fsp3) is 0.561. The first-order chi connectivity index (χ1) is 21.9. The lowest BCUT2D eigenvalue weighted by molar-refractivity contribution is 0.183. The van der Waals surface area contributed by atoms with E-state index in [4.69, 9.17) is 9.47 Å². The van der Waals surface area contributed by atoms with Crippen LogP contribution in [-0.2, 0) is 17.6 Å². The smallest absolute Gasteiger partial charge is 0.200 e. The van der Waals surface area contributed by atoms with Crippen molar-refractivity contribution in [3.05, 3.63) is 101 Å². The Morgan fingerprint density at radius 1 is 0.533 bits per heavy atom. The van der Waals surface area contributed by atoms with Crippen LogP contribution in [0.4, 0.5) is 8.78 Å². The molecule has 0 saturated carbocycles. The summed E-state index contributed by atoms with van der Waals surface area (Å²) in [5.41, 5.74) is 5.94. The summed E-state index contributed by atoms with van der Waals surface area (Å²) < 4.78 is 35.7. The van der Waals surface area contributed by atoms with Crippen LogP contribution in [0, 0.1) is 25.5 Å². The van der Waals surface area contributed by atoms with Gasteiger partial charge in [-0.25, -0.2) is 4.39 Å². The third-order valence-corrected chi connectivity index (χ3v) is 7.04. The van der Waals surface area contributed by atoms with Crippen molar-refractivity contribution < 1.29 is 18.3 Å². The van der Waals surface area contributed by atoms with Crippen molar-refractivity contribution in [3.8, 4) is 5.75 Å². The first kappa shape index (κ1) is 44.4. The van der Waals surface area contributed by atoms with E-state index in [0.717, 1.165) is 18.9 Å². The van der Waals surface area contributed by atoms with Gasteiger partial charge in [0.1, 0.15) is 0 Å². The lowest BCUT2D eigenvalue weighted by atomic mass is 10.0. The van der Waals surface area contributed by atoms with Gasteiger partial charge in [0.15, 0.2) is 11.6 Å². The van der Waals surface area contributed by atoms with Gasteiger partial charge < -0.3 is 9.47 Å². The van der Waals surface area contributed by atoms with E-state index >= 15 is 0 Å². The number of hydrogen-bond acceptors (Lipinski definition) is 2. The maximum absolute atomic E-state index is 13.1. The summed E-state index contributed by atoms with van der Waals surface area (Å²) in [6.07, 6.45) is 15.0. The maximum Gasteiger partial charge on any atom is 0.200 e. The minimum Gasteiger partial charge on any atom is -0.490 e. The van der Waals surface area contributed by atoms with Crippen LogP contribution in [0.2, 0.25) is 0 Å². The molecule has 0 aliphatic heterocycles. The Kier molecular flexibility index (Phi) is 32.2. The van der Waals surface area contributed by atoms with Gasteiger partial charge in [0.25, 0.3) is 0 Å². The van der Waals surface area contributed by atoms with Crippen LogP contribution in [0.1, 0.15) is 128 Å². The minimum absolute atomic E-state index is 0.0348. The highest BCUT2D eigenvalue weighted by Gasteiger charge is 2.07. The Morgan fingerprint density at radius 3 is 1.44 bits per heavy atom. The van der Waals surface area contributed by atoms with Crippen LogP contribution >= 0.6 is 0 Å². The number of unbranched alkanes of at least 4 members (excludes halogenated alkanes) is 7. The number of rotatable bonds is 16. The standard InChI is InChI=1S/2C13H20.C11H14F2O2.2C2H6/c2*1-3-4-5-6-10-13-11-8-7-9-12(13)2;1-14-7-2-3-8-15-10-6-4-5-9(12)11(10)13;2*1-2/h2*7-9,11H,3-6,10H2,1-2H3;4-6H,2-3,7-8H2,1H3;2*1-2H3. The van der Waals surface area contributed by atoms with E-state index in [0.29, 0.717) is 13.2 Å². The van der Waals surface area contributed by atoms with Crippen molar-refractivity contribution in [2.24, 2.45) is 0 Å². The van der Waals surface area contributed by atoms with E-state index in [1.54, 1.807) is 7.11 Å². The predicted octanol–water partition coefficient (Wildman–Crippen LogP) is 13.1. The highest BCUT2D eigenvalue weighted by molar-refractivity contribution is 5.26. The van der Waals surface area contributed by atoms with Crippen LogP contribution in [0.3, 0.4) is 0 Å². The molecule has 3 aromatic rings. The third-order valence-electron chi connectivity index (χ3n) is 7.04. The van der Waals surface area contributed by atoms with Crippen molar-refractivity contribution in [2.75, 3.05) is 20.3 Å². The number of ether oxygens (including phenoxy) is 2. The van der Waals surface area contributed by atoms with Crippen molar-refractivity contribution >= 4 is 0 Å². The van der Waals surface area contributed by atoms with Crippen LogP contribution < -0.4 is 4.74 Å². The Balaban J connectivity index is 0. The topological polar surface area (TPSA) is 18.5 Å². The summed E-state index contributed by atoms with van der Waals surface area (Å²) in [6, 6.07) is 21.3. The second kappa shape index (κ2) is 32.7. The molecular weight excluding hydrogens is 562 g/mol. The first-order valence-electron chi connectivity index (χ1n) is 17.6. The number of methoxy groups -OCH3 is 1. The molecule has 0 fully saturated rings. The van der Waals surface area contributed by atoms with Crippen LogP contribution in [0.15, 0.2) is 66.7 Å². The summed E-state index contributed by atoms with van der Waals surface area (Å²) in [5.74, 6) is -1.85. The summed E-state index contributed by atoms with van der Waals surface area (Å²) in [4.78, 5) is 0. The average molecular weight is 629 g/mol. The first-order valence-corrected chi connectivity index (χ1v) is 17.6. The molecule has 0 aromatic heterocycles. The number of aryl methyl sites for hydroxylation is 4. The molecule has 0 aliphatic carbocycles. The monoisotopic (exact) mass is 629 g/mol. The molecule has 0 saturated heterocycles. The summed E-state index contributed by atoms with van der Waals surface area (Å²) in [7, 11) is 1.62. The molecule has 45 heavy (non-hydrogen) atoms. The lowest BCUT2D eigenvalue weighted by Gasteiger charge is -2.06. The molecule has 0 unspecified atom stereocenters. The Morgan fingerprint density at radius 2 is 1.00 bits per heavy atom. The van der Waals surface area contributed by atoms with Crippen LogP contribution in [0.25, 0.3) is 0 Å². The van der Waals surface area contributed by atoms with E-state index in [2.05, 4.69) is 76.2 Å². The fourth-order valence-electron chi connectivity index (χ4n) is 4.39. The maximum atomic E-state index is 13.1. The SMILES string of the molecule is CC.CC.CCCCCCc1ccccc1C.CCCCCCc1ccccc1C.COCCCCOc1cccc(F)c1F. The highest BCUT2D eigenvalue weighted by atomic mass is 19.2. The molecule has 3 rings (SSSR count). The van der Waals surface area contributed by atoms with E-state index in [1.807, 2.05) is 27.7 Å². The van der Waals surface area contributed by atoms with Crippen molar-refractivity contribution in [3.63, 3.8) is 0 Å². The van der Waals surface area contributed by atoms with Gasteiger partial charge in [0.2, 0.25) is 5.82 Å². The Labute approximate surface area is 277 Å². The molecule has 0 atom stereocenters. The molecule has 0 heterocycles. The average Bonchev–Trinajstić information content (AvgIpc) is 3.07. The quantitative estimate of drug-likeness (QED) is 0.147.